The lowest BCUT2D eigenvalue weighted by atomic mass is 9.87. The fourth-order valence-corrected chi connectivity index (χ4v) is 3.12. The Morgan fingerprint density at radius 1 is 1.11 bits per heavy atom. The zero-order valence-electron chi connectivity index (χ0n) is 15.9. The maximum Gasteiger partial charge on any atom is 0.344 e. The summed E-state index contributed by atoms with van der Waals surface area (Å²) in [5.41, 5.74) is 3.00. The molecule has 0 radical (unpaired) electrons. The maximum absolute atomic E-state index is 12.9. The van der Waals surface area contributed by atoms with Crippen LogP contribution < -0.4 is 15.5 Å². The Bertz CT molecular complexity index is 867. The van der Waals surface area contributed by atoms with Gasteiger partial charge >= 0.3 is 6.03 Å². The molecule has 3 rings (SSSR count). The van der Waals surface area contributed by atoms with E-state index >= 15 is 0 Å². The highest BCUT2D eigenvalue weighted by Crippen LogP contribution is 2.31. The van der Waals surface area contributed by atoms with Crippen LogP contribution in [0.15, 0.2) is 54.6 Å². The smallest absolute Gasteiger partial charge is 0.344 e. The number of carbonyl (C=O) groups excluding carboxylic acids is 3. The fraction of sp³-hybridized carbons (Fsp3) is 0.286. The van der Waals surface area contributed by atoms with Crippen LogP contribution in [-0.2, 0) is 15.1 Å². The summed E-state index contributed by atoms with van der Waals surface area (Å²) in [4.78, 5) is 37.5. The zero-order chi connectivity index (χ0) is 20.1. The minimum absolute atomic E-state index is 0.00932. The molecule has 2 N–H and O–H groups in total. The summed E-state index contributed by atoms with van der Waals surface area (Å²) in [5.74, 6) is -0.322. The average Bonchev–Trinajstić information content (AvgIpc) is 2.95. The average molecular weight is 381 g/mol. The van der Waals surface area contributed by atoms with Crippen molar-refractivity contribution in [2.45, 2.75) is 32.2 Å². The molecule has 7 nitrogen and oxygen atoms in total. The Balaban J connectivity index is 1.60. The first-order chi connectivity index (χ1) is 13.5. The van der Waals surface area contributed by atoms with Gasteiger partial charge in [-0.1, -0.05) is 55.0 Å². The summed E-state index contributed by atoms with van der Waals surface area (Å²) in [7, 11) is 0. The molecule has 0 unspecified atom stereocenters. The van der Waals surface area contributed by atoms with Crippen molar-refractivity contribution in [1.82, 2.24) is 15.8 Å². The third-order valence-electron chi connectivity index (χ3n) is 4.74. The number of aryl methyl sites for hydroxylation is 1. The van der Waals surface area contributed by atoms with Crippen molar-refractivity contribution in [3.63, 3.8) is 0 Å². The normalized spacial score (nSPS) is 18.7. The predicted molar refractivity (Wildman–Crippen MR) is 103 cm³/mol. The number of hydrazine groups is 1. The van der Waals surface area contributed by atoms with Gasteiger partial charge in [-0.2, -0.15) is 5.01 Å². The molecule has 28 heavy (non-hydrogen) atoms. The second kappa shape index (κ2) is 8.12. The molecule has 0 aromatic heterocycles. The molecule has 2 aromatic carbocycles. The van der Waals surface area contributed by atoms with Gasteiger partial charge in [-0.3, -0.25) is 15.0 Å². The monoisotopic (exact) mass is 381 g/mol. The first-order valence-electron chi connectivity index (χ1n) is 9.17. The molecular weight excluding hydrogens is 358 g/mol. The van der Waals surface area contributed by atoms with Crippen LogP contribution in [0.4, 0.5) is 4.79 Å². The Labute approximate surface area is 163 Å². The van der Waals surface area contributed by atoms with Gasteiger partial charge in [0, 0.05) is 0 Å². The molecule has 7 heteroatoms. The molecule has 1 aliphatic heterocycles. The van der Waals surface area contributed by atoms with Gasteiger partial charge in [-0.25, -0.2) is 4.79 Å². The highest BCUT2D eigenvalue weighted by atomic mass is 16.5. The van der Waals surface area contributed by atoms with Gasteiger partial charge in [0.15, 0.2) is 0 Å². The topological polar surface area (TPSA) is 87.7 Å². The minimum atomic E-state index is -1.18. The van der Waals surface area contributed by atoms with Gasteiger partial charge in [0.05, 0.1) is 13.0 Å². The Morgan fingerprint density at radius 3 is 2.43 bits per heavy atom. The molecule has 4 amide bonds. The Hall–Kier alpha value is -3.35. The van der Waals surface area contributed by atoms with E-state index in [0.29, 0.717) is 17.7 Å². The zero-order valence-corrected chi connectivity index (χ0v) is 15.9. The van der Waals surface area contributed by atoms with Crippen LogP contribution in [-0.4, -0.2) is 29.5 Å². The second-order valence-corrected chi connectivity index (χ2v) is 6.64. The van der Waals surface area contributed by atoms with E-state index in [1.165, 1.54) is 0 Å². The van der Waals surface area contributed by atoms with Crippen LogP contribution in [0.1, 0.15) is 30.9 Å². The number of ether oxygens (including phenoxy) is 1. The fourth-order valence-electron chi connectivity index (χ4n) is 3.12. The third-order valence-corrected chi connectivity index (χ3v) is 4.74. The van der Waals surface area contributed by atoms with Gasteiger partial charge in [0.25, 0.3) is 5.91 Å². The molecule has 2 aromatic rings. The molecule has 0 spiro atoms. The van der Waals surface area contributed by atoms with Crippen LogP contribution in [0, 0.1) is 6.92 Å². The third kappa shape index (κ3) is 3.83. The number of hydrogen-bond donors (Lipinski definition) is 2. The van der Waals surface area contributed by atoms with Crippen LogP contribution >= 0.6 is 0 Å². The largest absolute Gasteiger partial charge is 0.493 e. The number of imide groups is 1. The molecule has 1 saturated heterocycles. The molecule has 1 atom stereocenters. The Kier molecular flexibility index (Phi) is 5.63. The summed E-state index contributed by atoms with van der Waals surface area (Å²) in [6, 6.07) is 15.8. The van der Waals surface area contributed by atoms with Crippen molar-refractivity contribution in [3.8, 4) is 5.75 Å². The van der Waals surface area contributed by atoms with Gasteiger partial charge in [0.2, 0.25) is 5.91 Å². The lowest BCUT2D eigenvalue weighted by Gasteiger charge is -2.25. The summed E-state index contributed by atoms with van der Waals surface area (Å²) in [5, 5.41) is 3.47. The van der Waals surface area contributed by atoms with Crippen LogP contribution in [0.3, 0.4) is 0 Å². The van der Waals surface area contributed by atoms with E-state index < -0.39 is 23.4 Å². The molecular formula is C21H23N3O4. The number of benzene rings is 2. The van der Waals surface area contributed by atoms with E-state index in [0.717, 1.165) is 10.6 Å². The molecule has 1 fully saturated rings. The van der Waals surface area contributed by atoms with Crippen LogP contribution in [0.5, 0.6) is 5.75 Å². The van der Waals surface area contributed by atoms with Crippen molar-refractivity contribution in [3.05, 3.63) is 65.7 Å². The van der Waals surface area contributed by atoms with Crippen molar-refractivity contribution >= 4 is 17.8 Å². The van der Waals surface area contributed by atoms with Gasteiger partial charge in [0.1, 0.15) is 11.3 Å². The molecule has 0 saturated carbocycles. The first-order valence-corrected chi connectivity index (χ1v) is 9.17. The quantitative estimate of drug-likeness (QED) is 0.722. The minimum Gasteiger partial charge on any atom is -0.493 e. The van der Waals surface area contributed by atoms with E-state index in [2.05, 4.69) is 10.7 Å². The summed E-state index contributed by atoms with van der Waals surface area (Å²) in [6.07, 6.45) is 0.375. The number of carbonyl (C=O) groups is 3. The SMILES string of the molecule is CC[C@]1(c2ccccc2)NC(=O)N(NC(=O)CCOc2ccc(C)cc2)C1=O. The van der Waals surface area contributed by atoms with Gasteiger partial charge in [-0.15, -0.1) is 0 Å². The Morgan fingerprint density at radius 2 is 1.79 bits per heavy atom. The summed E-state index contributed by atoms with van der Waals surface area (Å²) >= 11 is 0. The molecule has 146 valence electrons. The highest BCUT2D eigenvalue weighted by Gasteiger charge is 2.52. The van der Waals surface area contributed by atoms with Crippen molar-refractivity contribution in [1.29, 1.82) is 0 Å². The van der Waals surface area contributed by atoms with E-state index in [1.807, 2.05) is 44.2 Å². The van der Waals surface area contributed by atoms with Gasteiger partial charge in [-0.05, 0) is 31.0 Å². The maximum atomic E-state index is 12.9. The first kappa shape index (κ1) is 19.4. The van der Waals surface area contributed by atoms with Crippen LogP contribution in [0.2, 0.25) is 0 Å². The molecule has 1 heterocycles. The molecule has 0 bridgehead atoms. The lowest BCUT2D eigenvalue weighted by molar-refractivity contribution is -0.139. The molecule has 1 aliphatic rings. The van der Waals surface area contributed by atoms with Crippen molar-refractivity contribution in [2.24, 2.45) is 0 Å². The van der Waals surface area contributed by atoms with E-state index in [-0.39, 0.29) is 13.0 Å². The van der Waals surface area contributed by atoms with Crippen molar-refractivity contribution in [2.75, 3.05) is 6.61 Å². The standard InChI is InChI=1S/C21H23N3O4/c1-3-21(16-7-5-4-6-8-16)19(26)24(20(27)22-21)23-18(25)13-14-28-17-11-9-15(2)10-12-17/h4-12H,3,13-14H2,1-2H3,(H,22,27)(H,23,25)/t21-/m1/s1. The van der Waals surface area contributed by atoms with Gasteiger partial charge < -0.3 is 10.1 Å². The second-order valence-electron chi connectivity index (χ2n) is 6.64. The van der Waals surface area contributed by atoms with Crippen LogP contribution in [0.25, 0.3) is 0 Å². The van der Waals surface area contributed by atoms with Crippen molar-refractivity contribution < 1.29 is 19.1 Å². The number of rotatable bonds is 7. The number of nitrogens with one attached hydrogen (secondary N) is 2. The number of amides is 4. The van der Waals surface area contributed by atoms with E-state index in [1.54, 1.807) is 24.3 Å². The predicted octanol–water partition coefficient (Wildman–Crippen LogP) is 2.65. The van der Waals surface area contributed by atoms with E-state index in [9.17, 15) is 14.4 Å². The summed E-state index contributed by atoms with van der Waals surface area (Å²) < 4.78 is 5.52. The number of nitrogens with zero attached hydrogens (tertiary/aromatic N) is 1. The lowest BCUT2D eigenvalue weighted by Crippen LogP contribution is -2.48. The summed E-state index contributed by atoms with van der Waals surface area (Å²) in [6.45, 7) is 3.92. The highest BCUT2D eigenvalue weighted by molar-refractivity contribution is 6.08. The number of urea groups is 1. The number of hydrogen-bond acceptors (Lipinski definition) is 4. The molecule has 0 aliphatic carbocycles. The van der Waals surface area contributed by atoms with E-state index in [4.69, 9.17) is 4.74 Å².